The number of aliphatic hydroxyl groups is 1. The number of carbonyl (C=O) groups is 6. The zero-order valence-corrected chi connectivity index (χ0v) is 18.9. The third-order valence-electron chi connectivity index (χ3n) is 4.45. The van der Waals surface area contributed by atoms with Gasteiger partial charge < -0.3 is 54.8 Å². The number of hydrogen-bond donors (Lipinski definition) is 10. The van der Waals surface area contributed by atoms with Crippen LogP contribution in [0.4, 0.5) is 0 Å². The summed E-state index contributed by atoms with van der Waals surface area (Å²) in [6, 6.07) is -5.75. The van der Waals surface area contributed by atoms with Gasteiger partial charge in [0.25, 0.3) is 0 Å². The third-order valence-corrected chi connectivity index (χ3v) is 4.45. The predicted molar refractivity (Wildman–Crippen MR) is 121 cm³/mol. The van der Waals surface area contributed by atoms with Gasteiger partial charge in [-0.15, -0.1) is 0 Å². The molecule has 198 valence electrons. The zero-order valence-electron chi connectivity index (χ0n) is 18.9. The van der Waals surface area contributed by atoms with Gasteiger partial charge in [-0.1, -0.05) is 0 Å². The predicted octanol–water partition coefficient (Wildman–Crippen LogP) is -5.96. The highest BCUT2D eigenvalue weighted by atomic mass is 16.4. The number of rotatable bonds is 17. The molecule has 0 bridgehead atoms. The molecule has 0 aliphatic rings. The van der Waals surface area contributed by atoms with E-state index in [1.807, 2.05) is 0 Å². The smallest absolute Gasteiger partial charge is 0.326 e. The van der Waals surface area contributed by atoms with Gasteiger partial charge in [-0.3, -0.25) is 29.0 Å². The summed E-state index contributed by atoms with van der Waals surface area (Å²) >= 11 is 0. The van der Waals surface area contributed by atoms with E-state index in [1.54, 1.807) is 0 Å². The maximum absolute atomic E-state index is 12.7. The number of hydrogen-bond acceptors (Lipinski definition) is 9. The lowest BCUT2D eigenvalue weighted by molar-refractivity contribution is -0.142. The van der Waals surface area contributed by atoms with Crippen molar-refractivity contribution in [3.63, 3.8) is 0 Å². The van der Waals surface area contributed by atoms with E-state index >= 15 is 0 Å². The lowest BCUT2D eigenvalue weighted by Crippen LogP contribution is -2.58. The van der Waals surface area contributed by atoms with Crippen LogP contribution in [0, 0.1) is 0 Å². The first-order valence-corrected chi connectivity index (χ1v) is 10.4. The molecule has 0 aliphatic carbocycles. The molecule has 17 heteroatoms. The fraction of sp³-hybridized carbons (Fsp3) is 0.611. The van der Waals surface area contributed by atoms with Crippen molar-refractivity contribution in [1.29, 1.82) is 0 Å². The SMILES string of the molecule is NC(=O)CCC(NC(=O)C(CCCN=C(N)N)NC(=O)C(CO)NC(=O)C(N)CC(N)=O)C(=O)O. The highest BCUT2D eigenvalue weighted by Crippen LogP contribution is 2.04. The molecule has 17 nitrogen and oxygen atoms in total. The molecule has 0 saturated carbocycles. The molecular formula is C18H33N9O8. The molecule has 0 aromatic carbocycles. The Balaban J connectivity index is 5.44. The monoisotopic (exact) mass is 503 g/mol. The van der Waals surface area contributed by atoms with E-state index in [2.05, 4.69) is 20.9 Å². The van der Waals surface area contributed by atoms with E-state index in [0.717, 1.165) is 0 Å². The number of carboxylic acids is 1. The Morgan fingerprint density at radius 3 is 1.80 bits per heavy atom. The number of guanidine groups is 1. The van der Waals surface area contributed by atoms with Crippen molar-refractivity contribution in [1.82, 2.24) is 16.0 Å². The molecule has 5 amide bonds. The van der Waals surface area contributed by atoms with Gasteiger partial charge in [0, 0.05) is 13.0 Å². The Morgan fingerprint density at radius 2 is 1.31 bits per heavy atom. The fourth-order valence-corrected chi connectivity index (χ4v) is 2.64. The van der Waals surface area contributed by atoms with Crippen LogP contribution in [-0.2, 0) is 28.8 Å². The summed E-state index contributed by atoms with van der Waals surface area (Å²) < 4.78 is 0. The molecule has 0 rings (SSSR count). The first kappa shape index (κ1) is 31.0. The lowest BCUT2D eigenvalue weighted by Gasteiger charge is -2.24. The Bertz CT molecular complexity index is 816. The van der Waals surface area contributed by atoms with Crippen LogP contribution in [0.3, 0.4) is 0 Å². The molecule has 35 heavy (non-hydrogen) atoms. The summed E-state index contributed by atoms with van der Waals surface area (Å²) in [5.74, 6) is -6.16. The molecule has 0 saturated heterocycles. The molecule has 4 unspecified atom stereocenters. The van der Waals surface area contributed by atoms with E-state index in [-0.39, 0.29) is 38.2 Å². The average molecular weight is 504 g/mol. The van der Waals surface area contributed by atoms with E-state index in [9.17, 15) is 39.0 Å². The Hall–Kier alpha value is -3.99. The molecule has 0 aromatic heterocycles. The first-order valence-electron chi connectivity index (χ1n) is 10.4. The van der Waals surface area contributed by atoms with Gasteiger partial charge in [0.1, 0.15) is 18.1 Å². The minimum absolute atomic E-state index is 0.0657. The number of amides is 5. The summed E-state index contributed by atoms with van der Waals surface area (Å²) in [6.07, 6.45) is -1.01. The number of primary amides is 2. The van der Waals surface area contributed by atoms with Crippen LogP contribution in [0.2, 0.25) is 0 Å². The minimum Gasteiger partial charge on any atom is -0.480 e. The van der Waals surface area contributed by atoms with Gasteiger partial charge in [0.05, 0.1) is 19.1 Å². The Morgan fingerprint density at radius 1 is 0.771 bits per heavy atom. The third kappa shape index (κ3) is 13.3. The molecular weight excluding hydrogens is 470 g/mol. The van der Waals surface area contributed by atoms with Gasteiger partial charge >= 0.3 is 5.97 Å². The largest absolute Gasteiger partial charge is 0.480 e. The van der Waals surface area contributed by atoms with Crippen molar-refractivity contribution in [2.75, 3.05) is 13.2 Å². The molecule has 0 radical (unpaired) electrons. The quantitative estimate of drug-likeness (QED) is 0.0505. The molecule has 0 aliphatic heterocycles. The number of nitrogens with one attached hydrogen (secondary N) is 3. The zero-order chi connectivity index (χ0) is 27.1. The van der Waals surface area contributed by atoms with Gasteiger partial charge in [-0.05, 0) is 19.3 Å². The van der Waals surface area contributed by atoms with Crippen LogP contribution in [0.1, 0.15) is 32.1 Å². The Labute approximate surface area is 200 Å². The average Bonchev–Trinajstić information content (AvgIpc) is 2.75. The van der Waals surface area contributed by atoms with E-state index in [0.29, 0.717) is 0 Å². The topological polar surface area (TPSA) is 321 Å². The van der Waals surface area contributed by atoms with Crippen LogP contribution in [0.15, 0.2) is 4.99 Å². The highest BCUT2D eigenvalue weighted by molar-refractivity contribution is 5.95. The number of aliphatic hydroxyl groups excluding tert-OH is 1. The van der Waals surface area contributed by atoms with Gasteiger partial charge in [0.15, 0.2) is 5.96 Å². The van der Waals surface area contributed by atoms with Crippen LogP contribution >= 0.6 is 0 Å². The number of carboxylic acid groups (broad SMARTS) is 1. The molecule has 15 N–H and O–H groups in total. The maximum Gasteiger partial charge on any atom is 0.326 e. The fourth-order valence-electron chi connectivity index (χ4n) is 2.64. The second kappa shape index (κ2) is 15.8. The summed E-state index contributed by atoms with van der Waals surface area (Å²) in [5, 5.41) is 25.4. The molecule has 0 fully saturated rings. The van der Waals surface area contributed by atoms with Crippen molar-refractivity contribution in [3.8, 4) is 0 Å². The van der Waals surface area contributed by atoms with Gasteiger partial charge in [-0.25, -0.2) is 4.79 Å². The second-order valence-electron chi connectivity index (χ2n) is 7.44. The number of aliphatic carboxylic acids is 1. The summed E-state index contributed by atoms with van der Waals surface area (Å²) in [7, 11) is 0. The lowest BCUT2D eigenvalue weighted by atomic mass is 10.1. The van der Waals surface area contributed by atoms with E-state index < -0.39 is 72.7 Å². The van der Waals surface area contributed by atoms with Crippen LogP contribution in [-0.4, -0.2) is 89.0 Å². The molecule has 0 heterocycles. The number of carbonyl (C=O) groups excluding carboxylic acids is 5. The maximum atomic E-state index is 12.7. The number of aliphatic imine (C=N–C) groups is 1. The highest BCUT2D eigenvalue weighted by Gasteiger charge is 2.30. The van der Waals surface area contributed by atoms with Gasteiger partial charge in [-0.2, -0.15) is 0 Å². The minimum atomic E-state index is -1.56. The van der Waals surface area contributed by atoms with Crippen molar-refractivity contribution >= 4 is 41.5 Å². The van der Waals surface area contributed by atoms with Crippen LogP contribution < -0.4 is 44.6 Å². The van der Waals surface area contributed by atoms with Crippen LogP contribution in [0.25, 0.3) is 0 Å². The molecule has 4 atom stereocenters. The standard InChI is InChI=1S/C18H33N9O8/c19-8(6-13(21)30)14(31)27-11(7-28)16(33)25-9(2-1-5-24-18(22)23)15(32)26-10(17(34)35)3-4-12(20)29/h8-11,28H,1-7,19H2,(H2,20,29)(H2,21,30)(H,25,33)(H,26,32)(H,27,31)(H,34,35)(H4,22,23,24). The van der Waals surface area contributed by atoms with Crippen molar-refractivity contribution in [2.45, 2.75) is 56.3 Å². The number of nitrogens with two attached hydrogens (primary N) is 5. The molecule has 0 aromatic rings. The van der Waals surface area contributed by atoms with E-state index in [4.69, 9.17) is 28.7 Å². The van der Waals surface area contributed by atoms with Crippen molar-refractivity contribution < 1.29 is 39.0 Å². The second-order valence-corrected chi connectivity index (χ2v) is 7.44. The first-order chi connectivity index (χ1) is 16.3. The number of nitrogens with zero attached hydrogens (tertiary/aromatic N) is 1. The summed E-state index contributed by atoms with van der Waals surface area (Å²) in [5.41, 5.74) is 25.9. The normalized spacial score (nSPS) is 13.9. The van der Waals surface area contributed by atoms with Gasteiger partial charge in [0.2, 0.25) is 29.5 Å². The summed E-state index contributed by atoms with van der Waals surface area (Å²) in [6.45, 7) is -0.812. The van der Waals surface area contributed by atoms with Crippen molar-refractivity contribution in [3.05, 3.63) is 0 Å². The Kier molecular flexibility index (Phi) is 14.0. The van der Waals surface area contributed by atoms with Crippen molar-refractivity contribution in [2.24, 2.45) is 33.7 Å². The van der Waals surface area contributed by atoms with E-state index in [1.165, 1.54) is 0 Å². The molecule has 0 spiro atoms. The summed E-state index contributed by atoms with van der Waals surface area (Å²) in [4.78, 5) is 74.4. The van der Waals surface area contributed by atoms with Crippen LogP contribution in [0.5, 0.6) is 0 Å².